The van der Waals surface area contributed by atoms with Crippen LogP contribution >= 0.6 is 11.3 Å². The summed E-state index contributed by atoms with van der Waals surface area (Å²) in [7, 11) is 0. The number of nitrogens with zero attached hydrogens (tertiary/aromatic N) is 3. The third-order valence-electron chi connectivity index (χ3n) is 2.50. The van der Waals surface area contributed by atoms with Gasteiger partial charge in [-0.25, -0.2) is 9.97 Å². The molecular formula is C12H10N4S. The monoisotopic (exact) mass is 242 g/mol. The van der Waals surface area contributed by atoms with E-state index in [1.54, 1.807) is 17.5 Å². The van der Waals surface area contributed by atoms with Gasteiger partial charge in [0, 0.05) is 6.20 Å². The lowest BCUT2D eigenvalue weighted by Crippen LogP contribution is -1.97. The maximum absolute atomic E-state index is 5.90. The number of aromatic nitrogens is 3. The van der Waals surface area contributed by atoms with Crippen molar-refractivity contribution in [1.82, 2.24) is 15.0 Å². The molecule has 0 fully saturated rings. The van der Waals surface area contributed by atoms with E-state index in [-0.39, 0.29) is 0 Å². The molecular weight excluding hydrogens is 232 g/mol. The first-order valence-corrected chi connectivity index (χ1v) is 6.06. The molecule has 17 heavy (non-hydrogen) atoms. The van der Waals surface area contributed by atoms with Gasteiger partial charge in [-0.15, -0.1) is 11.3 Å². The molecule has 2 N–H and O–H groups in total. The average Bonchev–Trinajstić information content (AvgIpc) is 2.77. The van der Waals surface area contributed by atoms with Gasteiger partial charge in [0.25, 0.3) is 0 Å². The van der Waals surface area contributed by atoms with E-state index in [1.165, 1.54) is 0 Å². The molecule has 3 rings (SSSR count). The van der Waals surface area contributed by atoms with E-state index in [9.17, 15) is 0 Å². The van der Waals surface area contributed by atoms with Crippen LogP contribution in [0.5, 0.6) is 0 Å². The Kier molecular flexibility index (Phi) is 2.26. The zero-order valence-corrected chi connectivity index (χ0v) is 10.0. The SMILES string of the molecule is Cc1ccnc(-c2nc(N)c3ccsc3n2)c1. The Labute approximate surface area is 102 Å². The summed E-state index contributed by atoms with van der Waals surface area (Å²) < 4.78 is 0. The molecule has 0 saturated heterocycles. The fourth-order valence-corrected chi connectivity index (χ4v) is 2.42. The van der Waals surface area contributed by atoms with E-state index >= 15 is 0 Å². The number of hydrogen-bond acceptors (Lipinski definition) is 5. The predicted octanol–water partition coefficient (Wildman–Crippen LogP) is 2.64. The number of fused-ring (bicyclic) bond motifs is 1. The standard InChI is InChI=1S/C12H10N4S/c1-7-2-4-14-9(6-7)11-15-10(13)8-3-5-17-12(8)16-11/h2-6H,1H3,(H2,13,15,16). The van der Waals surface area contributed by atoms with Gasteiger partial charge in [0.05, 0.1) is 5.39 Å². The number of nitrogens with two attached hydrogens (primary N) is 1. The first-order valence-electron chi connectivity index (χ1n) is 5.18. The molecule has 0 unspecified atom stereocenters. The Balaban J connectivity index is 2.23. The van der Waals surface area contributed by atoms with Crippen LogP contribution in [-0.4, -0.2) is 15.0 Å². The lowest BCUT2D eigenvalue weighted by molar-refractivity contribution is 1.18. The molecule has 0 aliphatic rings. The van der Waals surface area contributed by atoms with Crippen molar-refractivity contribution in [2.24, 2.45) is 0 Å². The van der Waals surface area contributed by atoms with E-state index < -0.39 is 0 Å². The summed E-state index contributed by atoms with van der Waals surface area (Å²) in [5.74, 6) is 1.09. The van der Waals surface area contributed by atoms with Crippen LogP contribution in [0, 0.1) is 6.92 Å². The number of thiophene rings is 1. The van der Waals surface area contributed by atoms with Gasteiger partial charge in [0.1, 0.15) is 16.3 Å². The lowest BCUT2D eigenvalue weighted by atomic mass is 10.2. The van der Waals surface area contributed by atoms with Gasteiger partial charge >= 0.3 is 0 Å². The Morgan fingerprint density at radius 1 is 1.24 bits per heavy atom. The second-order valence-electron chi connectivity index (χ2n) is 3.79. The van der Waals surface area contributed by atoms with Crippen LogP contribution in [0.15, 0.2) is 29.8 Å². The quantitative estimate of drug-likeness (QED) is 0.712. The molecule has 0 spiro atoms. The topological polar surface area (TPSA) is 64.7 Å². The van der Waals surface area contributed by atoms with Crippen molar-refractivity contribution < 1.29 is 0 Å². The van der Waals surface area contributed by atoms with Crippen LogP contribution in [0.2, 0.25) is 0 Å². The van der Waals surface area contributed by atoms with Crippen LogP contribution in [0.25, 0.3) is 21.7 Å². The molecule has 0 bridgehead atoms. The van der Waals surface area contributed by atoms with Crippen LogP contribution in [0.1, 0.15) is 5.56 Å². The van der Waals surface area contributed by atoms with Crippen molar-refractivity contribution in [3.63, 3.8) is 0 Å². The zero-order valence-electron chi connectivity index (χ0n) is 9.21. The second-order valence-corrected chi connectivity index (χ2v) is 4.68. The number of rotatable bonds is 1. The van der Waals surface area contributed by atoms with Gasteiger partial charge in [-0.2, -0.15) is 0 Å². The predicted molar refractivity (Wildman–Crippen MR) is 69.8 cm³/mol. The normalized spacial score (nSPS) is 10.9. The van der Waals surface area contributed by atoms with E-state index in [2.05, 4.69) is 15.0 Å². The van der Waals surface area contributed by atoms with E-state index in [1.807, 2.05) is 30.5 Å². The summed E-state index contributed by atoms with van der Waals surface area (Å²) in [5, 5.41) is 2.87. The smallest absolute Gasteiger partial charge is 0.181 e. The van der Waals surface area contributed by atoms with Gasteiger partial charge in [-0.05, 0) is 36.1 Å². The number of hydrogen-bond donors (Lipinski definition) is 1. The Morgan fingerprint density at radius 3 is 2.94 bits per heavy atom. The van der Waals surface area contributed by atoms with Crippen LogP contribution in [-0.2, 0) is 0 Å². The molecule has 5 heteroatoms. The number of anilines is 1. The lowest BCUT2D eigenvalue weighted by Gasteiger charge is -2.02. The fourth-order valence-electron chi connectivity index (χ4n) is 1.65. The van der Waals surface area contributed by atoms with Crippen molar-refractivity contribution in [3.05, 3.63) is 35.3 Å². The van der Waals surface area contributed by atoms with Crippen molar-refractivity contribution in [2.75, 3.05) is 5.73 Å². The highest BCUT2D eigenvalue weighted by atomic mass is 32.1. The molecule has 3 aromatic heterocycles. The molecule has 0 amide bonds. The minimum absolute atomic E-state index is 0.509. The Bertz CT molecular complexity index is 690. The molecule has 0 aliphatic heterocycles. The van der Waals surface area contributed by atoms with E-state index in [0.29, 0.717) is 11.6 Å². The molecule has 3 aromatic rings. The molecule has 0 aromatic carbocycles. The summed E-state index contributed by atoms with van der Waals surface area (Å²) in [6.07, 6.45) is 1.75. The van der Waals surface area contributed by atoms with Crippen LogP contribution in [0.4, 0.5) is 5.82 Å². The molecule has 0 atom stereocenters. The van der Waals surface area contributed by atoms with Crippen LogP contribution in [0.3, 0.4) is 0 Å². The average molecular weight is 242 g/mol. The third kappa shape index (κ3) is 1.74. The first-order chi connectivity index (χ1) is 8.24. The second kappa shape index (κ2) is 3.78. The van der Waals surface area contributed by atoms with Crippen LogP contribution < -0.4 is 5.73 Å². The summed E-state index contributed by atoms with van der Waals surface area (Å²) in [4.78, 5) is 13.9. The van der Waals surface area contributed by atoms with Gasteiger partial charge in [-0.3, -0.25) is 4.98 Å². The summed E-state index contributed by atoms with van der Waals surface area (Å²) in [6.45, 7) is 2.01. The van der Waals surface area contributed by atoms with Gasteiger partial charge in [0.2, 0.25) is 0 Å². The van der Waals surface area contributed by atoms with Crippen molar-refractivity contribution in [3.8, 4) is 11.5 Å². The van der Waals surface area contributed by atoms with Gasteiger partial charge in [0.15, 0.2) is 5.82 Å². The minimum atomic E-state index is 0.509. The summed E-state index contributed by atoms with van der Waals surface area (Å²) in [5.41, 5.74) is 7.79. The maximum atomic E-state index is 5.90. The molecule has 0 aliphatic carbocycles. The summed E-state index contributed by atoms with van der Waals surface area (Å²) in [6, 6.07) is 5.83. The van der Waals surface area contributed by atoms with Gasteiger partial charge < -0.3 is 5.73 Å². The van der Waals surface area contributed by atoms with Crippen molar-refractivity contribution in [1.29, 1.82) is 0 Å². The summed E-state index contributed by atoms with van der Waals surface area (Å²) >= 11 is 1.56. The molecule has 0 saturated carbocycles. The molecule has 3 heterocycles. The highest BCUT2D eigenvalue weighted by Crippen LogP contribution is 2.25. The van der Waals surface area contributed by atoms with Crippen molar-refractivity contribution >= 4 is 27.4 Å². The van der Waals surface area contributed by atoms with E-state index in [0.717, 1.165) is 21.5 Å². The highest BCUT2D eigenvalue weighted by Gasteiger charge is 2.08. The largest absolute Gasteiger partial charge is 0.383 e. The van der Waals surface area contributed by atoms with Gasteiger partial charge in [-0.1, -0.05) is 0 Å². The van der Waals surface area contributed by atoms with E-state index in [4.69, 9.17) is 5.73 Å². The maximum Gasteiger partial charge on any atom is 0.181 e. The Morgan fingerprint density at radius 2 is 2.12 bits per heavy atom. The molecule has 4 nitrogen and oxygen atoms in total. The zero-order chi connectivity index (χ0) is 11.8. The minimum Gasteiger partial charge on any atom is -0.383 e. The molecule has 0 radical (unpaired) electrons. The third-order valence-corrected chi connectivity index (χ3v) is 3.31. The van der Waals surface area contributed by atoms with Crippen molar-refractivity contribution in [2.45, 2.75) is 6.92 Å². The molecule has 84 valence electrons. The number of aryl methyl sites for hydroxylation is 1. The number of pyridine rings is 1. The Hall–Kier alpha value is -2.01. The first kappa shape index (κ1) is 10.2. The fraction of sp³-hybridized carbons (Fsp3) is 0.0833. The highest BCUT2D eigenvalue weighted by molar-refractivity contribution is 7.16. The number of nitrogen functional groups attached to an aromatic ring is 1.